The molecule has 0 spiro atoms. The van der Waals surface area contributed by atoms with E-state index in [1.165, 1.54) is 13.3 Å². The molecule has 2 rings (SSSR count). The largest absolute Gasteiger partial charge is 0.469 e. The lowest BCUT2D eigenvalue weighted by Gasteiger charge is -2.29. The number of esters is 2. The van der Waals surface area contributed by atoms with Crippen LogP contribution in [0.15, 0.2) is 6.20 Å². The molecule has 1 fully saturated rings. The van der Waals surface area contributed by atoms with Crippen molar-refractivity contribution < 1.29 is 19.1 Å². The summed E-state index contributed by atoms with van der Waals surface area (Å²) >= 11 is 0. The van der Waals surface area contributed by atoms with Gasteiger partial charge in [-0.05, 0) is 25.7 Å². The van der Waals surface area contributed by atoms with Gasteiger partial charge in [-0.3, -0.25) is 9.48 Å². The molecule has 0 N–H and O–H groups in total. The molecule has 1 aromatic rings. The van der Waals surface area contributed by atoms with Crippen molar-refractivity contribution in [1.29, 1.82) is 5.26 Å². The fourth-order valence-electron chi connectivity index (χ4n) is 3.08. The minimum atomic E-state index is -0.552. The Morgan fingerprint density at radius 2 is 2.17 bits per heavy atom. The molecule has 1 heterocycles. The molecule has 1 aromatic heterocycles. The monoisotopic (exact) mass is 319 g/mol. The van der Waals surface area contributed by atoms with Crippen molar-refractivity contribution in [2.75, 3.05) is 13.7 Å². The van der Waals surface area contributed by atoms with Crippen molar-refractivity contribution >= 4 is 11.9 Å². The molecule has 1 saturated carbocycles. The Bertz CT molecular complexity index is 617. The van der Waals surface area contributed by atoms with Crippen molar-refractivity contribution in [2.24, 2.45) is 11.8 Å². The lowest BCUT2D eigenvalue weighted by molar-refractivity contribution is -0.149. The van der Waals surface area contributed by atoms with Gasteiger partial charge in [0.25, 0.3) is 0 Å². The van der Waals surface area contributed by atoms with Crippen LogP contribution in [0.25, 0.3) is 0 Å². The topological polar surface area (TPSA) is 94.2 Å². The first-order valence-electron chi connectivity index (χ1n) is 7.83. The van der Waals surface area contributed by atoms with Crippen LogP contribution < -0.4 is 0 Å². The smallest absolute Gasteiger partial charge is 0.342 e. The molecule has 124 valence electrons. The molecular formula is C16H21N3O4. The Labute approximate surface area is 135 Å². The number of hydrogen-bond donors (Lipinski definition) is 0. The van der Waals surface area contributed by atoms with Crippen LogP contribution in [-0.2, 0) is 20.8 Å². The van der Waals surface area contributed by atoms with Gasteiger partial charge in [0, 0.05) is 12.7 Å². The summed E-state index contributed by atoms with van der Waals surface area (Å²) in [5, 5.41) is 13.3. The van der Waals surface area contributed by atoms with Gasteiger partial charge in [0.1, 0.15) is 11.6 Å². The van der Waals surface area contributed by atoms with Crippen molar-refractivity contribution in [3.05, 3.63) is 17.5 Å². The highest BCUT2D eigenvalue weighted by Gasteiger charge is 2.32. The van der Waals surface area contributed by atoms with Gasteiger partial charge in [0.05, 0.1) is 19.6 Å². The zero-order chi connectivity index (χ0) is 16.8. The Hall–Kier alpha value is -2.36. The maximum absolute atomic E-state index is 11.9. The molecule has 7 heteroatoms. The lowest BCUT2D eigenvalue weighted by atomic mass is 9.79. The van der Waals surface area contributed by atoms with E-state index in [0.29, 0.717) is 6.54 Å². The normalized spacial score (nSPS) is 20.6. The first-order chi connectivity index (χ1) is 11.1. The quantitative estimate of drug-likeness (QED) is 0.769. The Morgan fingerprint density at radius 1 is 1.43 bits per heavy atom. The summed E-state index contributed by atoms with van der Waals surface area (Å²) < 4.78 is 11.4. The van der Waals surface area contributed by atoms with Crippen LogP contribution in [0.2, 0.25) is 0 Å². The van der Waals surface area contributed by atoms with Crippen LogP contribution in [0.3, 0.4) is 0 Å². The maximum Gasteiger partial charge on any atom is 0.342 e. The van der Waals surface area contributed by atoms with E-state index in [2.05, 4.69) is 5.10 Å². The summed E-state index contributed by atoms with van der Waals surface area (Å²) in [6.45, 7) is 2.42. The van der Waals surface area contributed by atoms with Crippen molar-refractivity contribution in [3.8, 4) is 6.07 Å². The number of nitriles is 1. The van der Waals surface area contributed by atoms with Crippen molar-refractivity contribution in [2.45, 2.75) is 39.2 Å². The molecule has 0 radical (unpaired) electrons. The minimum absolute atomic E-state index is 0.0499. The highest BCUT2D eigenvalue weighted by molar-refractivity contribution is 5.91. The summed E-state index contributed by atoms with van der Waals surface area (Å²) in [6, 6.07) is 1.91. The molecular weight excluding hydrogens is 298 g/mol. The molecule has 23 heavy (non-hydrogen) atoms. The van der Waals surface area contributed by atoms with Gasteiger partial charge in [-0.25, -0.2) is 4.79 Å². The Balaban J connectivity index is 2.17. The SMILES string of the molecule is CCOC(=O)c1cn(CC2CCCCC2C(=O)OC)nc1C#N. The summed E-state index contributed by atoms with van der Waals surface area (Å²) in [5.41, 5.74) is 0.216. The number of rotatable bonds is 5. The second-order valence-electron chi connectivity index (χ2n) is 5.62. The van der Waals surface area contributed by atoms with E-state index in [1.807, 2.05) is 6.07 Å². The van der Waals surface area contributed by atoms with Crippen molar-refractivity contribution in [1.82, 2.24) is 9.78 Å². The number of methoxy groups -OCH3 is 1. The van der Waals surface area contributed by atoms with Crippen LogP contribution in [0.4, 0.5) is 0 Å². The van der Waals surface area contributed by atoms with E-state index in [-0.39, 0.29) is 35.7 Å². The van der Waals surface area contributed by atoms with E-state index in [9.17, 15) is 9.59 Å². The molecule has 2 unspecified atom stereocenters. The predicted molar refractivity (Wildman–Crippen MR) is 80.4 cm³/mol. The van der Waals surface area contributed by atoms with Gasteiger partial charge in [0.15, 0.2) is 5.69 Å². The van der Waals surface area contributed by atoms with Crippen LogP contribution in [-0.4, -0.2) is 35.4 Å². The van der Waals surface area contributed by atoms with E-state index in [4.69, 9.17) is 14.7 Å². The number of ether oxygens (including phenoxy) is 2. The van der Waals surface area contributed by atoms with E-state index < -0.39 is 5.97 Å². The van der Waals surface area contributed by atoms with E-state index in [0.717, 1.165) is 25.7 Å². The van der Waals surface area contributed by atoms with Crippen LogP contribution in [0, 0.1) is 23.2 Å². The summed E-state index contributed by atoms with van der Waals surface area (Å²) in [6.07, 6.45) is 5.28. The van der Waals surface area contributed by atoms with E-state index >= 15 is 0 Å². The molecule has 0 saturated heterocycles. The molecule has 0 aromatic carbocycles. The average molecular weight is 319 g/mol. The molecule has 0 bridgehead atoms. The number of aromatic nitrogens is 2. The molecule has 7 nitrogen and oxygen atoms in total. The number of carbonyl (C=O) groups excluding carboxylic acids is 2. The van der Waals surface area contributed by atoms with Crippen LogP contribution in [0.5, 0.6) is 0 Å². The molecule has 1 aliphatic carbocycles. The first-order valence-corrected chi connectivity index (χ1v) is 7.83. The van der Waals surface area contributed by atoms with Crippen LogP contribution in [0.1, 0.15) is 48.7 Å². The van der Waals surface area contributed by atoms with Crippen molar-refractivity contribution in [3.63, 3.8) is 0 Å². The van der Waals surface area contributed by atoms with E-state index in [1.54, 1.807) is 11.6 Å². The second kappa shape index (κ2) is 7.77. The maximum atomic E-state index is 11.9. The number of carbonyl (C=O) groups is 2. The summed E-state index contributed by atoms with van der Waals surface area (Å²) in [4.78, 5) is 23.8. The van der Waals surface area contributed by atoms with Gasteiger partial charge in [-0.1, -0.05) is 12.8 Å². The number of hydrogen-bond acceptors (Lipinski definition) is 6. The molecule has 0 amide bonds. The fraction of sp³-hybridized carbons (Fsp3) is 0.625. The predicted octanol–water partition coefficient (Wildman–Crippen LogP) is 1.91. The van der Waals surface area contributed by atoms with Crippen LogP contribution >= 0.6 is 0 Å². The van der Waals surface area contributed by atoms with Gasteiger partial charge in [0.2, 0.25) is 0 Å². The third-order valence-corrected chi connectivity index (χ3v) is 4.20. The lowest BCUT2D eigenvalue weighted by Crippen LogP contribution is -2.31. The third-order valence-electron chi connectivity index (χ3n) is 4.20. The average Bonchev–Trinajstić information content (AvgIpc) is 2.98. The summed E-state index contributed by atoms with van der Waals surface area (Å²) in [5.74, 6) is -0.816. The molecule has 0 aliphatic heterocycles. The Kier molecular flexibility index (Phi) is 5.74. The molecule has 2 atom stereocenters. The third kappa shape index (κ3) is 3.89. The second-order valence-corrected chi connectivity index (χ2v) is 5.62. The highest BCUT2D eigenvalue weighted by atomic mass is 16.5. The fourth-order valence-corrected chi connectivity index (χ4v) is 3.08. The number of nitrogens with zero attached hydrogens (tertiary/aromatic N) is 3. The first kappa shape index (κ1) is 17.0. The highest BCUT2D eigenvalue weighted by Crippen LogP contribution is 2.32. The Morgan fingerprint density at radius 3 is 2.83 bits per heavy atom. The van der Waals surface area contributed by atoms with Gasteiger partial charge >= 0.3 is 11.9 Å². The molecule has 1 aliphatic rings. The zero-order valence-corrected chi connectivity index (χ0v) is 13.4. The minimum Gasteiger partial charge on any atom is -0.469 e. The standard InChI is InChI=1S/C16H21N3O4/c1-3-23-16(21)13-10-19(18-14(13)8-17)9-11-6-4-5-7-12(11)15(20)22-2/h10-12H,3-7,9H2,1-2H3. The summed E-state index contributed by atoms with van der Waals surface area (Å²) in [7, 11) is 1.40. The van der Waals surface area contributed by atoms with Gasteiger partial charge in [-0.15, -0.1) is 0 Å². The van der Waals surface area contributed by atoms with Gasteiger partial charge < -0.3 is 9.47 Å². The van der Waals surface area contributed by atoms with Gasteiger partial charge in [-0.2, -0.15) is 10.4 Å². The zero-order valence-electron chi connectivity index (χ0n) is 13.4.